The van der Waals surface area contributed by atoms with Gasteiger partial charge in [-0.2, -0.15) is 0 Å². The van der Waals surface area contributed by atoms with Crippen molar-refractivity contribution in [2.75, 3.05) is 13.1 Å². The first-order chi connectivity index (χ1) is 9.38. The predicted molar refractivity (Wildman–Crippen MR) is 82.0 cm³/mol. The molecule has 1 heterocycles. The second-order valence-corrected chi connectivity index (χ2v) is 6.61. The van der Waals surface area contributed by atoms with Crippen LogP contribution in [0.15, 0.2) is 11.6 Å². The van der Waals surface area contributed by atoms with Crippen molar-refractivity contribution in [1.82, 2.24) is 15.6 Å². The number of amides is 1. The topological polar surface area (TPSA) is 63.2 Å². The van der Waals surface area contributed by atoms with Gasteiger partial charge >= 0.3 is 6.09 Å². The van der Waals surface area contributed by atoms with Gasteiger partial charge in [-0.15, -0.1) is 11.3 Å². The summed E-state index contributed by atoms with van der Waals surface area (Å²) in [4.78, 5) is 15.7. The Bertz CT molecular complexity index is 388. The summed E-state index contributed by atoms with van der Waals surface area (Å²) in [7, 11) is 0. The number of aromatic nitrogens is 1. The number of hydrogen-bond donors (Lipinski definition) is 2. The van der Waals surface area contributed by atoms with E-state index in [0.717, 1.165) is 24.4 Å². The molecular formula is C14H25N3O2S. The van der Waals surface area contributed by atoms with Crippen LogP contribution in [0.3, 0.4) is 0 Å². The van der Waals surface area contributed by atoms with E-state index in [4.69, 9.17) is 4.74 Å². The van der Waals surface area contributed by atoms with Crippen LogP contribution in [0, 0.1) is 0 Å². The first kappa shape index (κ1) is 16.9. The Kier molecular flexibility index (Phi) is 6.95. The molecule has 1 amide bonds. The van der Waals surface area contributed by atoms with Gasteiger partial charge in [-0.25, -0.2) is 9.78 Å². The van der Waals surface area contributed by atoms with Gasteiger partial charge < -0.3 is 15.4 Å². The SMILES string of the molecule is CC(NCCCCNC(=O)OC(C)(C)C)c1nccs1. The van der Waals surface area contributed by atoms with E-state index in [0.29, 0.717) is 6.54 Å². The molecule has 0 bridgehead atoms. The maximum Gasteiger partial charge on any atom is 0.407 e. The molecule has 0 saturated heterocycles. The van der Waals surface area contributed by atoms with Crippen LogP contribution in [-0.2, 0) is 4.74 Å². The number of unbranched alkanes of at least 4 members (excludes halogenated alkanes) is 1. The van der Waals surface area contributed by atoms with E-state index in [1.807, 2.05) is 32.3 Å². The molecule has 6 heteroatoms. The number of ether oxygens (including phenoxy) is 1. The number of carbonyl (C=O) groups excluding carboxylic acids is 1. The molecule has 0 spiro atoms. The third-order valence-electron chi connectivity index (χ3n) is 2.54. The van der Waals surface area contributed by atoms with Crippen molar-refractivity contribution in [2.45, 2.75) is 52.2 Å². The van der Waals surface area contributed by atoms with Gasteiger partial charge in [-0.1, -0.05) is 0 Å². The lowest BCUT2D eigenvalue weighted by atomic mass is 10.2. The van der Waals surface area contributed by atoms with Crippen LogP contribution in [-0.4, -0.2) is 29.8 Å². The molecule has 20 heavy (non-hydrogen) atoms. The average Bonchev–Trinajstić information content (AvgIpc) is 2.84. The van der Waals surface area contributed by atoms with Crippen molar-refractivity contribution in [3.8, 4) is 0 Å². The van der Waals surface area contributed by atoms with Crippen LogP contribution in [0.4, 0.5) is 4.79 Å². The van der Waals surface area contributed by atoms with Gasteiger partial charge in [0, 0.05) is 18.1 Å². The van der Waals surface area contributed by atoms with Crippen LogP contribution in [0.5, 0.6) is 0 Å². The van der Waals surface area contributed by atoms with E-state index in [-0.39, 0.29) is 12.1 Å². The van der Waals surface area contributed by atoms with E-state index in [9.17, 15) is 4.79 Å². The highest BCUT2D eigenvalue weighted by atomic mass is 32.1. The van der Waals surface area contributed by atoms with E-state index < -0.39 is 5.60 Å². The number of hydrogen-bond acceptors (Lipinski definition) is 5. The average molecular weight is 299 g/mol. The van der Waals surface area contributed by atoms with Crippen LogP contribution >= 0.6 is 11.3 Å². The maximum absolute atomic E-state index is 11.4. The highest BCUT2D eigenvalue weighted by molar-refractivity contribution is 7.09. The van der Waals surface area contributed by atoms with E-state index in [1.165, 1.54) is 0 Å². The van der Waals surface area contributed by atoms with Crippen molar-refractivity contribution >= 4 is 17.4 Å². The summed E-state index contributed by atoms with van der Waals surface area (Å²) in [6.45, 7) is 9.24. The Balaban J connectivity index is 2.01. The number of carbonyl (C=O) groups is 1. The second kappa shape index (κ2) is 8.21. The second-order valence-electron chi connectivity index (χ2n) is 5.68. The monoisotopic (exact) mass is 299 g/mol. The molecule has 0 fully saturated rings. The number of nitrogens with one attached hydrogen (secondary N) is 2. The molecule has 0 aromatic carbocycles. The number of rotatable bonds is 7. The fourth-order valence-electron chi connectivity index (χ4n) is 1.61. The lowest BCUT2D eigenvalue weighted by Crippen LogP contribution is -2.33. The zero-order valence-corrected chi connectivity index (χ0v) is 13.5. The maximum atomic E-state index is 11.4. The number of alkyl carbamates (subject to hydrolysis) is 1. The standard InChI is InChI=1S/C14H25N3O2S/c1-11(12-16-9-10-20-12)15-7-5-6-8-17-13(18)19-14(2,3)4/h9-11,15H,5-8H2,1-4H3,(H,17,18). The Hall–Kier alpha value is -1.14. The largest absolute Gasteiger partial charge is 0.444 e. The first-order valence-corrected chi connectivity index (χ1v) is 7.86. The summed E-state index contributed by atoms with van der Waals surface area (Å²) in [5.74, 6) is 0. The molecule has 5 nitrogen and oxygen atoms in total. The molecule has 0 radical (unpaired) electrons. The summed E-state index contributed by atoms with van der Waals surface area (Å²) < 4.78 is 5.16. The van der Waals surface area contributed by atoms with Crippen molar-refractivity contribution in [3.63, 3.8) is 0 Å². The summed E-state index contributed by atoms with van der Waals surface area (Å²) >= 11 is 1.66. The van der Waals surface area contributed by atoms with Crippen LogP contribution in [0.2, 0.25) is 0 Å². The van der Waals surface area contributed by atoms with Gasteiger partial charge in [-0.05, 0) is 47.1 Å². The zero-order valence-electron chi connectivity index (χ0n) is 12.7. The van der Waals surface area contributed by atoms with Gasteiger partial charge in [0.15, 0.2) is 0 Å². The summed E-state index contributed by atoms with van der Waals surface area (Å²) in [5, 5.41) is 9.26. The third-order valence-corrected chi connectivity index (χ3v) is 3.50. The van der Waals surface area contributed by atoms with Crippen LogP contribution in [0.25, 0.3) is 0 Å². The van der Waals surface area contributed by atoms with Gasteiger partial charge in [-0.3, -0.25) is 0 Å². The molecule has 114 valence electrons. The van der Waals surface area contributed by atoms with Crippen LogP contribution < -0.4 is 10.6 Å². The third kappa shape index (κ3) is 7.45. The van der Waals surface area contributed by atoms with E-state index >= 15 is 0 Å². The molecule has 0 aliphatic heterocycles. The fourth-order valence-corrected chi connectivity index (χ4v) is 2.28. The van der Waals surface area contributed by atoms with Crippen molar-refractivity contribution in [3.05, 3.63) is 16.6 Å². The predicted octanol–water partition coefficient (Wildman–Crippen LogP) is 3.10. The normalized spacial score (nSPS) is 13.0. The van der Waals surface area contributed by atoms with Crippen molar-refractivity contribution in [2.24, 2.45) is 0 Å². The molecule has 1 aromatic heterocycles. The molecule has 1 atom stereocenters. The van der Waals surface area contributed by atoms with Gasteiger partial charge in [0.05, 0.1) is 6.04 Å². The minimum absolute atomic E-state index is 0.286. The quantitative estimate of drug-likeness (QED) is 0.759. The fraction of sp³-hybridized carbons (Fsp3) is 0.714. The number of thiazole rings is 1. The molecule has 0 aliphatic rings. The van der Waals surface area contributed by atoms with Crippen molar-refractivity contribution < 1.29 is 9.53 Å². The molecule has 2 N–H and O–H groups in total. The molecule has 0 aliphatic carbocycles. The minimum atomic E-state index is -0.436. The Labute approximate surface area is 125 Å². The Morgan fingerprint density at radius 2 is 2.10 bits per heavy atom. The molecule has 0 saturated carbocycles. The lowest BCUT2D eigenvalue weighted by molar-refractivity contribution is 0.0527. The zero-order chi connectivity index (χ0) is 15.0. The molecule has 1 aromatic rings. The van der Waals surface area contributed by atoms with E-state index in [2.05, 4.69) is 22.5 Å². The highest BCUT2D eigenvalue weighted by Gasteiger charge is 2.15. The van der Waals surface area contributed by atoms with Crippen molar-refractivity contribution in [1.29, 1.82) is 0 Å². The summed E-state index contributed by atoms with van der Waals surface area (Å²) in [6.07, 6.45) is 3.41. The Morgan fingerprint density at radius 1 is 1.40 bits per heavy atom. The van der Waals surface area contributed by atoms with Gasteiger partial charge in [0.2, 0.25) is 0 Å². The summed E-state index contributed by atoms with van der Waals surface area (Å²) in [6, 6.07) is 0.286. The van der Waals surface area contributed by atoms with Gasteiger partial charge in [0.1, 0.15) is 10.6 Å². The summed E-state index contributed by atoms with van der Waals surface area (Å²) in [5.41, 5.74) is -0.436. The molecule has 1 unspecified atom stereocenters. The Morgan fingerprint density at radius 3 is 2.70 bits per heavy atom. The lowest BCUT2D eigenvalue weighted by Gasteiger charge is -2.19. The molecular weight excluding hydrogens is 274 g/mol. The van der Waals surface area contributed by atoms with Crippen LogP contribution in [0.1, 0.15) is 51.6 Å². The smallest absolute Gasteiger partial charge is 0.407 e. The van der Waals surface area contributed by atoms with Gasteiger partial charge in [0.25, 0.3) is 0 Å². The molecule has 1 rings (SSSR count). The first-order valence-electron chi connectivity index (χ1n) is 6.98. The van der Waals surface area contributed by atoms with E-state index in [1.54, 1.807) is 11.3 Å². The minimum Gasteiger partial charge on any atom is -0.444 e. The number of nitrogens with zero attached hydrogens (tertiary/aromatic N) is 1. The highest BCUT2D eigenvalue weighted by Crippen LogP contribution is 2.14.